The van der Waals surface area contributed by atoms with Crippen LogP contribution in [0.5, 0.6) is 0 Å². The number of carbonyl (C=O) groups is 1. The van der Waals surface area contributed by atoms with Crippen molar-refractivity contribution >= 4 is 6.41 Å². The summed E-state index contributed by atoms with van der Waals surface area (Å²) in [6, 6.07) is 9.80. The molecule has 0 saturated carbocycles. The van der Waals surface area contributed by atoms with Crippen LogP contribution in [-0.4, -0.2) is 6.41 Å². The van der Waals surface area contributed by atoms with Crippen LogP contribution in [0.1, 0.15) is 19.4 Å². The molecule has 0 aromatic heterocycles. The number of benzene rings is 1. The highest BCUT2D eigenvalue weighted by Gasteiger charge is 2.10. The maximum atomic E-state index is 11.0. The monoisotopic (exact) mass is 377 g/mol. The Morgan fingerprint density at radius 3 is 2.29 bits per heavy atom. The van der Waals surface area contributed by atoms with Crippen LogP contribution in [-0.2, 0) is 20.9 Å². The molecule has 0 aliphatic carbocycles. The van der Waals surface area contributed by atoms with E-state index in [0.717, 1.165) is 5.56 Å². The van der Waals surface area contributed by atoms with Crippen molar-refractivity contribution in [3.8, 4) is 0 Å². The second-order valence-electron chi connectivity index (χ2n) is 5.44. The molecule has 1 N–H and O–H groups in total. The lowest BCUT2D eigenvalue weighted by molar-refractivity contribution is -0.108. The van der Waals surface area contributed by atoms with Crippen molar-refractivity contribution in [1.82, 2.24) is 5.32 Å². The van der Waals surface area contributed by atoms with E-state index in [4.69, 9.17) is 9.47 Å². The molecule has 1 aromatic carbocycles. The first-order valence-corrected chi connectivity index (χ1v) is 8.90. The molecule has 0 atom stereocenters. The van der Waals surface area contributed by atoms with Crippen LogP contribution in [0, 0.1) is 0 Å². The Morgan fingerprint density at radius 2 is 1.71 bits per heavy atom. The quantitative estimate of drug-likeness (QED) is 0.298. The van der Waals surface area contributed by atoms with Crippen molar-refractivity contribution < 1.29 is 14.3 Å². The molecule has 4 heteroatoms. The molecule has 0 bridgehead atoms. The number of allylic oxidation sites excluding steroid dienone is 8. The summed E-state index contributed by atoms with van der Waals surface area (Å²) in [6.07, 6.45) is 14.4. The Morgan fingerprint density at radius 1 is 1.00 bits per heavy atom. The third-order valence-corrected chi connectivity index (χ3v) is 3.40. The van der Waals surface area contributed by atoms with Crippen LogP contribution in [0.3, 0.4) is 0 Å². The number of rotatable bonds is 12. The Balaban J connectivity index is 3.30. The highest BCUT2D eigenvalue weighted by atomic mass is 16.5. The number of hydrogen-bond acceptors (Lipinski definition) is 3. The van der Waals surface area contributed by atoms with E-state index in [1.165, 1.54) is 0 Å². The maximum Gasteiger partial charge on any atom is 0.211 e. The summed E-state index contributed by atoms with van der Waals surface area (Å²) in [6.45, 7) is 11.6. The Labute approximate surface area is 167 Å². The topological polar surface area (TPSA) is 47.6 Å². The second kappa shape index (κ2) is 13.6. The van der Waals surface area contributed by atoms with E-state index in [2.05, 4.69) is 18.5 Å². The van der Waals surface area contributed by atoms with E-state index in [1.54, 1.807) is 36.5 Å². The van der Waals surface area contributed by atoms with Crippen molar-refractivity contribution in [3.05, 3.63) is 121 Å². The fourth-order valence-electron chi connectivity index (χ4n) is 2.17. The minimum atomic E-state index is 0.369. The Bertz CT molecular complexity index is 796. The minimum Gasteiger partial charge on any atom is -0.485 e. The molecule has 0 aliphatic heterocycles. The van der Waals surface area contributed by atoms with E-state index in [1.807, 2.05) is 56.3 Å². The fraction of sp³-hybridized carbons (Fsp3) is 0.125. The van der Waals surface area contributed by atoms with Crippen molar-refractivity contribution in [2.45, 2.75) is 20.5 Å². The summed E-state index contributed by atoms with van der Waals surface area (Å²) in [7, 11) is 0. The predicted molar refractivity (Wildman–Crippen MR) is 115 cm³/mol. The Kier molecular flexibility index (Phi) is 11.0. The van der Waals surface area contributed by atoms with Gasteiger partial charge >= 0.3 is 0 Å². The average molecular weight is 377 g/mol. The zero-order valence-corrected chi connectivity index (χ0v) is 16.4. The molecule has 146 valence electrons. The first-order chi connectivity index (χ1) is 13.7. The summed E-state index contributed by atoms with van der Waals surface area (Å²) in [5.41, 5.74) is 1.54. The van der Waals surface area contributed by atoms with Gasteiger partial charge < -0.3 is 14.8 Å². The van der Waals surface area contributed by atoms with Gasteiger partial charge in [-0.2, -0.15) is 0 Å². The zero-order chi connectivity index (χ0) is 20.6. The molecule has 4 nitrogen and oxygen atoms in total. The van der Waals surface area contributed by atoms with E-state index in [-0.39, 0.29) is 0 Å². The van der Waals surface area contributed by atoms with E-state index >= 15 is 0 Å². The highest BCUT2D eigenvalue weighted by Crippen LogP contribution is 2.20. The van der Waals surface area contributed by atoms with Gasteiger partial charge in [0.2, 0.25) is 6.41 Å². The molecule has 0 saturated heterocycles. The van der Waals surface area contributed by atoms with Gasteiger partial charge in [0, 0.05) is 0 Å². The molecule has 0 unspecified atom stereocenters. The van der Waals surface area contributed by atoms with Crippen LogP contribution < -0.4 is 5.32 Å². The number of nitrogens with one attached hydrogen (secondary N) is 1. The van der Waals surface area contributed by atoms with E-state index in [9.17, 15) is 4.79 Å². The first kappa shape index (κ1) is 22.5. The lowest BCUT2D eigenvalue weighted by atomic mass is 10.2. The first-order valence-electron chi connectivity index (χ1n) is 8.90. The summed E-state index contributed by atoms with van der Waals surface area (Å²) < 4.78 is 12.0. The Hall–Kier alpha value is -3.53. The van der Waals surface area contributed by atoms with Crippen molar-refractivity contribution in [2.24, 2.45) is 0 Å². The molecule has 0 fully saturated rings. The van der Waals surface area contributed by atoms with Crippen LogP contribution in [0.15, 0.2) is 115 Å². The molecule has 0 aliphatic rings. The van der Waals surface area contributed by atoms with Gasteiger partial charge in [-0.15, -0.1) is 0 Å². The maximum absolute atomic E-state index is 11.0. The van der Waals surface area contributed by atoms with E-state index in [0.29, 0.717) is 36.0 Å². The second-order valence-corrected chi connectivity index (χ2v) is 5.44. The van der Waals surface area contributed by atoms with Gasteiger partial charge in [-0.05, 0) is 43.7 Å². The third-order valence-electron chi connectivity index (χ3n) is 3.40. The number of ether oxygens (including phenoxy) is 2. The van der Waals surface area contributed by atoms with Gasteiger partial charge in [0.15, 0.2) is 17.3 Å². The van der Waals surface area contributed by atoms with Crippen LogP contribution in [0.25, 0.3) is 0 Å². The lowest BCUT2D eigenvalue weighted by Crippen LogP contribution is -2.12. The summed E-state index contributed by atoms with van der Waals surface area (Å²) in [5, 5.41) is 2.65. The molecule has 0 radical (unpaired) electrons. The van der Waals surface area contributed by atoms with Gasteiger partial charge in [-0.3, -0.25) is 4.79 Å². The van der Waals surface area contributed by atoms with Gasteiger partial charge in [0.05, 0.1) is 5.70 Å². The zero-order valence-electron chi connectivity index (χ0n) is 16.4. The number of amides is 1. The minimum absolute atomic E-state index is 0.369. The molecule has 1 rings (SSSR count). The lowest BCUT2D eigenvalue weighted by Gasteiger charge is -2.15. The van der Waals surface area contributed by atoms with Gasteiger partial charge in [0.1, 0.15) is 6.61 Å². The largest absolute Gasteiger partial charge is 0.485 e. The number of hydrogen-bond donors (Lipinski definition) is 1. The van der Waals surface area contributed by atoms with Gasteiger partial charge in [0.25, 0.3) is 0 Å². The standard InChI is InChI=1S/C24H27NO3/c1-5-9-17-24(22(8-4)27-18-20-15-11-10-12-16-20)28-23(14-7-3)21(13-6-2)25-19-26/h5-17,19H,1,4,18H2,2-3H3,(H,25,26)/b13-6-,14-7-,17-9-,23-21-,24-22-. The van der Waals surface area contributed by atoms with Crippen molar-refractivity contribution in [2.75, 3.05) is 0 Å². The molecular formula is C24H27NO3. The fourth-order valence-corrected chi connectivity index (χ4v) is 2.17. The van der Waals surface area contributed by atoms with E-state index < -0.39 is 0 Å². The van der Waals surface area contributed by atoms with Gasteiger partial charge in [-0.25, -0.2) is 0 Å². The molecule has 28 heavy (non-hydrogen) atoms. The van der Waals surface area contributed by atoms with Crippen LogP contribution >= 0.6 is 0 Å². The van der Waals surface area contributed by atoms with Crippen LogP contribution in [0.2, 0.25) is 0 Å². The normalized spacial score (nSPS) is 13.2. The summed E-state index contributed by atoms with van der Waals surface area (Å²) in [4.78, 5) is 11.0. The molecule has 1 aromatic rings. The smallest absolute Gasteiger partial charge is 0.211 e. The van der Waals surface area contributed by atoms with Crippen molar-refractivity contribution in [3.63, 3.8) is 0 Å². The third kappa shape index (κ3) is 7.79. The SMILES string of the molecule is C=C/C=C\C(OC(/C=C\C)=C(/C=C\C)NC=O)=C(/C=C)OCc1ccccc1. The van der Waals surface area contributed by atoms with Crippen LogP contribution in [0.4, 0.5) is 0 Å². The average Bonchev–Trinajstić information content (AvgIpc) is 2.72. The molecule has 0 spiro atoms. The highest BCUT2D eigenvalue weighted by molar-refractivity contribution is 5.53. The molecular weight excluding hydrogens is 350 g/mol. The van der Waals surface area contributed by atoms with Crippen molar-refractivity contribution in [1.29, 1.82) is 0 Å². The van der Waals surface area contributed by atoms with Gasteiger partial charge in [-0.1, -0.05) is 67.8 Å². The molecule has 0 heterocycles. The number of carbonyl (C=O) groups excluding carboxylic acids is 1. The predicted octanol–water partition coefficient (Wildman–Crippen LogP) is 5.47. The summed E-state index contributed by atoms with van der Waals surface area (Å²) in [5.74, 6) is 1.36. The molecule has 1 amide bonds. The summed E-state index contributed by atoms with van der Waals surface area (Å²) >= 11 is 0.